The van der Waals surface area contributed by atoms with E-state index >= 15 is 0 Å². The van der Waals surface area contributed by atoms with E-state index in [1.54, 1.807) is 81.4 Å². The number of benzene rings is 4. The van der Waals surface area contributed by atoms with Crippen LogP contribution in [-0.2, 0) is 48.6 Å². The SMILES string of the molecule is Cc1ccc(S(=O)(=O)OCCCCCCCCCN(CCCCCCCCCN(CCCCCCCCCOS(=O)(=O)c2ccc(C)cc2)S(=O)(=O)c2ccc(C)cc2)S(=O)(=O)c2ccc(C)cc2)cc1. The van der Waals surface area contributed by atoms with Crippen molar-refractivity contribution in [3.8, 4) is 0 Å². The van der Waals surface area contributed by atoms with Crippen molar-refractivity contribution in [2.24, 2.45) is 0 Å². The van der Waals surface area contributed by atoms with E-state index in [4.69, 9.17) is 8.37 Å². The van der Waals surface area contributed by atoms with Gasteiger partial charge in [0.1, 0.15) is 0 Å². The molecule has 0 unspecified atom stereocenters. The maximum Gasteiger partial charge on any atom is 0.296 e. The summed E-state index contributed by atoms with van der Waals surface area (Å²) in [7, 11) is -14.8. The predicted octanol–water partition coefficient (Wildman–Crippen LogP) is 12.6. The zero-order valence-electron chi connectivity index (χ0n) is 42.9. The number of hydrogen-bond donors (Lipinski definition) is 0. The highest BCUT2D eigenvalue weighted by Gasteiger charge is 2.25. The van der Waals surface area contributed by atoms with Crippen LogP contribution < -0.4 is 0 Å². The van der Waals surface area contributed by atoms with Crippen molar-refractivity contribution < 1.29 is 42.0 Å². The van der Waals surface area contributed by atoms with Gasteiger partial charge in [0, 0.05) is 26.2 Å². The molecular weight excluding hydrogens is 977 g/mol. The minimum atomic E-state index is -3.75. The molecule has 0 aromatic heterocycles. The molecule has 0 radical (unpaired) electrons. The first-order valence-corrected chi connectivity index (χ1v) is 31.7. The molecule has 0 aliphatic rings. The monoisotopic (exact) mass is 1060 g/mol. The topological polar surface area (TPSA) is 161 Å². The van der Waals surface area contributed by atoms with Gasteiger partial charge in [0.2, 0.25) is 20.0 Å². The zero-order valence-corrected chi connectivity index (χ0v) is 46.2. The smallest absolute Gasteiger partial charge is 0.266 e. The van der Waals surface area contributed by atoms with Gasteiger partial charge < -0.3 is 0 Å². The van der Waals surface area contributed by atoms with Crippen LogP contribution in [0.2, 0.25) is 0 Å². The Bertz CT molecular complexity index is 2390. The first kappa shape index (κ1) is 60.1. The van der Waals surface area contributed by atoms with E-state index in [0.717, 1.165) is 144 Å². The molecule has 0 atom stereocenters. The Labute approximate surface area is 429 Å². The number of sulfonamides is 2. The van der Waals surface area contributed by atoms with Crippen LogP contribution in [0.5, 0.6) is 0 Å². The van der Waals surface area contributed by atoms with Gasteiger partial charge in [0.25, 0.3) is 20.2 Å². The molecule has 0 heterocycles. The lowest BCUT2D eigenvalue weighted by Crippen LogP contribution is -2.33. The fourth-order valence-electron chi connectivity index (χ4n) is 8.31. The van der Waals surface area contributed by atoms with Crippen molar-refractivity contribution in [3.05, 3.63) is 119 Å². The van der Waals surface area contributed by atoms with Crippen LogP contribution >= 0.6 is 0 Å². The molecule has 4 aromatic rings. The summed E-state index contributed by atoms with van der Waals surface area (Å²) in [6, 6.07) is 27.4. The van der Waals surface area contributed by atoms with Gasteiger partial charge in [-0.2, -0.15) is 25.4 Å². The number of unbranched alkanes of at least 4 members (excludes halogenated alkanes) is 18. The van der Waals surface area contributed by atoms with Crippen molar-refractivity contribution in [1.82, 2.24) is 8.61 Å². The van der Waals surface area contributed by atoms with Crippen LogP contribution in [0.3, 0.4) is 0 Å². The van der Waals surface area contributed by atoms with E-state index in [0.29, 0.717) is 48.8 Å². The highest BCUT2D eigenvalue weighted by molar-refractivity contribution is 7.89. The second kappa shape index (κ2) is 31.3. The van der Waals surface area contributed by atoms with Crippen molar-refractivity contribution in [1.29, 1.82) is 0 Å². The maximum atomic E-state index is 13.8. The Morgan fingerprint density at radius 2 is 0.479 bits per heavy atom. The maximum absolute atomic E-state index is 13.8. The fourth-order valence-corrected chi connectivity index (χ4v) is 13.2. The lowest BCUT2D eigenvalue weighted by Gasteiger charge is -2.23. The Kier molecular flexibility index (Phi) is 26.5. The van der Waals surface area contributed by atoms with Crippen molar-refractivity contribution in [2.75, 3.05) is 39.4 Å². The molecule has 0 saturated heterocycles. The van der Waals surface area contributed by atoms with Gasteiger partial charge in [-0.25, -0.2) is 16.8 Å². The van der Waals surface area contributed by atoms with Gasteiger partial charge >= 0.3 is 0 Å². The molecule has 71 heavy (non-hydrogen) atoms. The molecule has 16 heteroatoms. The van der Waals surface area contributed by atoms with E-state index in [2.05, 4.69) is 0 Å². The van der Waals surface area contributed by atoms with Crippen LogP contribution in [0.4, 0.5) is 0 Å². The summed E-state index contributed by atoms with van der Waals surface area (Å²) in [5.74, 6) is 0. The predicted molar refractivity (Wildman–Crippen MR) is 285 cm³/mol. The Balaban J connectivity index is 1.12. The van der Waals surface area contributed by atoms with Gasteiger partial charge in [-0.15, -0.1) is 0 Å². The summed E-state index contributed by atoms with van der Waals surface area (Å²) in [5, 5.41) is 0. The quantitative estimate of drug-likeness (QED) is 0.0312. The number of hydrogen-bond acceptors (Lipinski definition) is 10. The minimum absolute atomic E-state index is 0.154. The number of aryl methyl sites for hydroxylation is 4. The summed E-state index contributed by atoms with van der Waals surface area (Å²) in [5.41, 5.74) is 3.98. The van der Waals surface area contributed by atoms with Crippen molar-refractivity contribution in [3.63, 3.8) is 0 Å². The average molecular weight is 1060 g/mol. The molecule has 0 spiro atoms. The highest BCUT2D eigenvalue weighted by atomic mass is 32.2. The third kappa shape index (κ3) is 21.9. The third-order valence-corrected chi connectivity index (χ3v) is 19.3. The second-order valence-electron chi connectivity index (χ2n) is 19.0. The van der Waals surface area contributed by atoms with Gasteiger partial charge in [-0.1, -0.05) is 167 Å². The van der Waals surface area contributed by atoms with Crippen molar-refractivity contribution in [2.45, 2.75) is 182 Å². The molecule has 4 aromatic carbocycles. The number of rotatable bonds is 38. The van der Waals surface area contributed by atoms with E-state index < -0.39 is 40.3 Å². The summed E-state index contributed by atoms with van der Waals surface area (Å²) in [6.45, 7) is 9.85. The van der Waals surface area contributed by atoms with Gasteiger partial charge in [-0.3, -0.25) is 8.37 Å². The first-order valence-electron chi connectivity index (χ1n) is 26.0. The molecule has 0 saturated carbocycles. The van der Waals surface area contributed by atoms with Crippen LogP contribution in [-0.4, -0.2) is 81.7 Å². The van der Waals surface area contributed by atoms with Gasteiger partial charge in [0.05, 0.1) is 32.8 Å². The largest absolute Gasteiger partial charge is 0.296 e. The third-order valence-electron chi connectivity index (χ3n) is 12.8. The summed E-state index contributed by atoms with van der Waals surface area (Å²) >= 11 is 0. The van der Waals surface area contributed by atoms with Crippen molar-refractivity contribution >= 4 is 40.3 Å². The molecule has 0 amide bonds. The van der Waals surface area contributed by atoms with E-state index in [9.17, 15) is 33.7 Å². The van der Waals surface area contributed by atoms with Crippen LogP contribution in [0, 0.1) is 27.7 Å². The average Bonchev–Trinajstić information content (AvgIpc) is 3.33. The molecule has 0 aliphatic carbocycles. The lowest BCUT2D eigenvalue weighted by atomic mass is 10.1. The molecular formula is C55H82N2O10S4. The highest BCUT2D eigenvalue weighted by Crippen LogP contribution is 2.23. The molecule has 0 bridgehead atoms. The first-order chi connectivity index (χ1) is 33.9. The molecule has 0 fully saturated rings. The molecule has 396 valence electrons. The minimum Gasteiger partial charge on any atom is -0.266 e. The van der Waals surface area contributed by atoms with Crippen LogP contribution in [0.25, 0.3) is 0 Å². The van der Waals surface area contributed by atoms with Gasteiger partial charge in [0.15, 0.2) is 0 Å². The van der Waals surface area contributed by atoms with Crippen LogP contribution in [0.15, 0.2) is 117 Å². The van der Waals surface area contributed by atoms with E-state index in [1.807, 2.05) is 52.0 Å². The molecule has 0 aliphatic heterocycles. The van der Waals surface area contributed by atoms with Crippen LogP contribution in [0.1, 0.15) is 157 Å². The molecule has 12 nitrogen and oxygen atoms in total. The molecule has 4 rings (SSSR count). The molecule has 0 N–H and O–H groups in total. The zero-order chi connectivity index (χ0) is 51.6. The fraction of sp³-hybridized carbons (Fsp3) is 0.564. The summed E-state index contributed by atoms with van der Waals surface area (Å²) in [4.78, 5) is 0.977. The summed E-state index contributed by atoms with van der Waals surface area (Å²) in [6.07, 6.45) is 18.6. The summed E-state index contributed by atoms with van der Waals surface area (Å²) < 4.78 is 119. The Hall–Kier alpha value is -3.48. The van der Waals surface area contributed by atoms with Gasteiger partial charge in [-0.05, 0) is 115 Å². The van der Waals surface area contributed by atoms with E-state index in [1.165, 1.54) is 0 Å². The second-order valence-corrected chi connectivity index (χ2v) is 26.1. The Morgan fingerprint density at radius 3 is 0.718 bits per heavy atom. The Morgan fingerprint density at radius 1 is 0.282 bits per heavy atom. The lowest BCUT2D eigenvalue weighted by molar-refractivity contribution is 0.305. The van der Waals surface area contributed by atoms with E-state index in [-0.39, 0.29) is 23.0 Å². The standard InChI is InChI=1S/C55H82N2O10S4/c1-48-26-34-52(35-27-48)68(58,59)56(44-22-16-10-6-12-18-24-46-66-70(62,63)54-38-30-50(3)31-39-54)42-20-14-8-5-9-15-21-43-57(69(60,61)53-36-28-49(2)29-37-53)45-23-17-11-7-13-19-25-47-67-71(64,65)55-40-32-51(4)33-41-55/h26-41H,5-25,42-47H2,1-4H3. The normalized spacial score (nSPS) is 12.6. The number of nitrogens with zero attached hydrogens (tertiary/aromatic N) is 2.